The summed E-state index contributed by atoms with van der Waals surface area (Å²) in [6.07, 6.45) is 2.77. The van der Waals surface area contributed by atoms with E-state index in [-0.39, 0.29) is 17.6 Å². The number of nitriles is 1. The Balaban J connectivity index is 2.20. The third-order valence-electron chi connectivity index (χ3n) is 3.02. The highest BCUT2D eigenvalue weighted by atomic mass is 19.1. The summed E-state index contributed by atoms with van der Waals surface area (Å²) in [5.41, 5.74) is 1.02. The van der Waals surface area contributed by atoms with Crippen LogP contribution in [0.25, 0.3) is 0 Å². The minimum absolute atomic E-state index is 0.00452. The molecular weight excluding hydrogens is 193 g/mol. The molecule has 0 saturated heterocycles. The Morgan fingerprint density at radius 3 is 2.73 bits per heavy atom. The van der Waals surface area contributed by atoms with Crippen molar-refractivity contribution in [1.82, 2.24) is 0 Å². The summed E-state index contributed by atoms with van der Waals surface area (Å²) in [7, 11) is 0. The maximum atomic E-state index is 13.0. The molecule has 0 spiro atoms. The van der Waals surface area contributed by atoms with Gasteiger partial charge in [0.2, 0.25) is 0 Å². The first kappa shape index (κ1) is 10.1. The van der Waals surface area contributed by atoms with Gasteiger partial charge in [0.1, 0.15) is 11.9 Å². The molecule has 1 aromatic rings. The quantitative estimate of drug-likeness (QED) is 0.820. The van der Waals surface area contributed by atoms with Gasteiger partial charge in [-0.05, 0) is 42.4 Å². The SMILES string of the molecule is N#Cc1cc(CC2(CO)CC2)ccc1F. The van der Waals surface area contributed by atoms with Crippen molar-refractivity contribution in [2.45, 2.75) is 19.3 Å². The number of rotatable bonds is 3. The number of nitrogens with zero attached hydrogens (tertiary/aromatic N) is 1. The fourth-order valence-electron chi connectivity index (χ4n) is 1.77. The Morgan fingerprint density at radius 1 is 1.47 bits per heavy atom. The average Bonchev–Trinajstić information content (AvgIpc) is 3.02. The molecule has 2 nitrogen and oxygen atoms in total. The molecule has 0 amide bonds. The highest BCUT2D eigenvalue weighted by Gasteiger charge is 2.41. The fraction of sp³-hybridized carbons (Fsp3) is 0.417. The van der Waals surface area contributed by atoms with Crippen molar-refractivity contribution in [3.8, 4) is 6.07 Å². The lowest BCUT2D eigenvalue weighted by molar-refractivity contribution is 0.211. The van der Waals surface area contributed by atoms with Gasteiger partial charge in [-0.2, -0.15) is 5.26 Å². The summed E-state index contributed by atoms with van der Waals surface area (Å²) < 4.78 is 13.0. The zero-order valence-electron chi connectivity index (χ0n) is 8.33. The Labute approximate surface area is 88.0 Å². The van der Waals surface area contributed by atoms with Gasteiger partial charge < -0.3 is 5.11 Å². The third kappa shape index (κ3) is 2.00. The van der Waals surface area contributed by atoms with Crippen molar-refractivity contribution in [2.75, 3.05) is 6.61 Å². The zero-order chi connectivity index (χ0) is 10.9. The summed E-state index contributed by atoms with van der Waals surface area (Å²) in [5.74, 6) is -0.477. The van der Waals surface area contributed by atoms with E-state index >= 15 is 0 Å². The first-order chi connectivity index (χ1) is 7.19. The number of hydrogen-bond donors (Lipinski definition) is 1. The number of benzene rings is 1. The fourth-order valence-corrected chi connectivity index (χ4v) is 1.77. The van der Waals surface area contributed by atoms with Gasteiger partial charge in [-0.3, -0.25) is 0 Å². The van der Waals surface area contributed by atoms with E-state index in [1.54, 1.807) is 12.1 Å². The van der Waals surface area contributed by atoms with Crippen LogP contribution in [-0.4, -0.2) is 11.7 Å². The van der Waals surface area contributed by atoms with E-state index in [1.807, 2.05) is 6.07 Å². The summed E-state index contributed by atoms with van der Waals surface area (Å²) in [5, 5.41) is 17.8. The molecule has 78 valence electrons. The molecule has 0 atom stereocenters. The molecule has 1 N–H and O–H groups in total. The van der Waals surface area contributed by atoms with Crippen molar-refractivity contribution in [2.24, 2.45) is 5.41 Å². The van der Waals surface area contributed by atoms with Crippen LogP contribution in [0.5, 0.6) is 0 Å². The molecule has 0 aromatic heterocycles. The summed E-state index contributed by atoms with van der Waals surface area (Å²) in [6, 6.07) is 6.40. The van der Waals surface area contributed by atoms with E-state index in [0.29, 0.717) is 0 Å². The third-order valence-corrected chi connectivity index (χ3v) is 3.02. The predicted octanol–water partition coefficient (Wildman–Crippen LogP) is 2.01. The largest absolute Gasteiger partial charge is 0.396 e. The van der Waals surface area contributed by atoms with Crippen LogP contribution >= 0.6 is 0 Å². The van der Waals surface area contributed by atoms with Crippen LogP contribution in [0.2, 0.25) is 0 Å². The highest BCUT2D eigenvalue weighted by molar-refractivity contribution is 5.35. The number of aliphatic hydroxyl groups is 1. The van der Waals surface area contributed by atoms with Crippen LogP contribution < -0.4 is 0 Å². The predicted molar refractivity (Wildman–Crippen MR) is 53.6 cm³/mol. The number of aliphatic hydroxyl groups excluding tert-OH is 1. The molecule has 3 heteroatoms. The monoisotopic (exact) mass is 205 g/mol. The van der Waals surface area contributed by atoms with E-state index in [4.69, 9.17) is 10.4 Å². The molecule has 0 bridgehead atoms. The molecule has 1 aliphatic carbocycles. The Morgan fingerprint density at radius 2 is 2.20 bits per heavy atom. The summed E-state index contributed by atoms with van der Waals surface area (Å²) >= 11 is 0. The topological polar surface area (TPSA) is 44.0 Å². The smallest absolute Gasteiger partial charge is 0.140 e. The van der Waals surface area contributed by atoms with Gasteiger partial charge in [0, 0.05) is 6.61 Å². The first-order valence-corrected chi connectivity index (χ1v) is 4.98. The molecule has 1 aromatic carbocycles. The lowest BCUT2D eigenvalue weighted by Crippen LogP contribution is -2.10. The van der Waals surface area contributed by atoms with Gasteiger partial charge >= 0.3 is 0 Å². The second-order valence-electron chi connectivity index (χ2n) is 4.26. The van der Waals surface area contributed by atoms with Gasteiger partial charge in [-0.1, -0.05) is 6.07 Å². The van der Waals surface area contributed by atoms with Gasteiger partial charge in [-0.15, -0.1) is 0 Å². The van der Waals surface area contributed by atoms with Crippen LogP contribution in [0.4, 0.5) is 4.39 Å². The molecular formula is C12H12FNO. The second-order valence-corrected chi connectivity index (χ2v) is 4.26. The minimum Gasteiger partial charge on any atom is -0.396 e. The van der Waals surface area contributed by atoms with Crippen molar-refractivity contribution in [3.63, 3.8) is 0 Å². The van der Waals surface area contributed by atoms with E-state index in [9.17, 15) is 4.39 Å². The Kier molecular flexibility index (Phi) is 2.45. The number of hydrogen-bond acceptors (Lipinski definition) is 2. The van der Waals surface area contributed by atoms with Crippen molar-refractivity contribution in [3.05, 3.63) is 35.1 Å². The van der Waals surface area contributed by atoms with Crippen molar-refractivity contribution >= 4 is 0 Å². The molecule has 15 heavy (non-hydrogen) atoms. The molecule has 0 unspecified atom stereocenters. The lowest BCUT2D eigenvalue weighted by atomic mass is 9.96. The molecule has 0 aliphatic heterocycles. The van der Waals surface area contributed by atoms with Crippen LogP contribution in [-0.2, 0) is 6.42 Å². The summed E-state index contributed by atoms with van der Waals surface area (Å²) in [6.45, 7) is 0.173. The highest BCUT2D eigenvalue weighted by Crippen LogP contribution is 2.47. The van der Waals surface area contributed by atoms with Crippen molar-refractivity contribution in [1.29, 1.82) is 5.26 Å². The van der Waals surface area contributed by atoms with Crippen molar-refractivity contribution < 1.29 is 9.50 Å². The van der Waals surface area contributed by atoms with Gasteiger partial charge in [-0.25, -0.2) is 4.39 Å². The van der Waals surface area contributed by atoms with Crippen LogP contribution in [0.1, 0.15) is 24.0 Å². The van der Waals surface area contributed by atoms with Gasteiger partial charge in [0.05, 0.1) is 5.56 Å². The summed E-state index contributed by atoms with van der Waals surface area (Å²) in [4.78, 5) is 0. The normalized spacial score (nSPS) is 17.1. The van der Waals surface area contributed by atoms with Crippen LogP contribution in [0, 0.1) is 22.6 Å². The van der Waals surface area contributed by atoms with Gasteiger partial charge in [0.25, 0.3) is 0 Å². The molecule has 0 heterocycles. The maximum Gasteiger partial charge on any atom is 0.140 e. The van der Waals surface area contributed by atoms with E-state index in [1.165, 1.54) is 6.07 Å². The van der Waals surface area contributed by atoms with Gasteiger partial charge in [0.15, 0.2) is 0 Å². The Hall–Kier alpha value is -1.40. The molecule has 1 fully saturated rings. The van der Waals surface area contributed by atoms with E-state index < -0.39 is 5.82 Å². The standard InChI is InChI=1S/C12H12FNO/c13-11-2-1-9(5-10(11)7-14)6-12(8-15)3-4-12/h1-2,5,15H,3-4,6,8H2. The first-order valence-electron chi connectivity index (χ1n) is 4.98. The van der Waals surface area contributed by atoms with Crippen LogP contribution in [0.3, 0.4) is 0 Å². The molecule has 1 aliphatic rings. The zero-order valence-corrected chi connectivity index (χ0v) is 8.33. The second kappa shape index (κ2) is 3.63. The lowest BCUT2D eigenvalue weighted by Gasteiger charge is -2.11. The van der Waals surface area contributed by atoms with Crippen LogP contribution in [0.15, 0.2) is 18.2 Å². The van der Waals surface area contributed by atoms with E-state index in [0.717, 1.165) is 24.8 Å². The molecule has 2 rings (SSSR count). The average molecular weight is 205 g/mol. The molecule has 1 saturated carbocycles. The number of halogens is 1. The minimum atomic E-state index is -0.477. The maximum absolute atomic E-state index is 13.0. The molecule has 0 radical (unpaired) electrons. The van der Waals surface area contributed by atoms with E-state index in [2.05, 4.69) is 0 Å². The Bertz CT molecular complexity index is 418.